The number of fused-ring (bicyclic) bond motifs is 3. The molecule has 0 bridgehead atoms. The molecule has 5 nitrogen and oxygen atoms in total. The summed E-state index contributed by atoms with van der Waals surface area (Å²) in [6.45, 7) is 9.71. The highest BCUT2D eigenvalue weighted by atomic mass is 28.3. The van der Waals surface area contributed by atoms with Gasteiger partial charge in [0.05, 0.1) is 13.8 Å². The van der Waals surface area contributed by atoms with E-state index < -0.39 is 14.1 Å². The molecule has 1 aromatic carbocycles. The Morgan fingerprint density at radius 1 is 1.08 bits per heavy atom. The fourth-order valence-electron chi connectivity index (χ4n) is 5.22. The van der Waals surface area contributed by atoms with Crippen LogP contribution in [0.4, 0.5) is 10.5 Å². The Morgan fingerprint density at radius 2 is 1.73 bits per heavy atom. The third kappa shape index (κ3) is 2.24. The first-order valence-corrected chi connectivity index (χ1v) is 12.9. The molecule has 26 heavy (non-hydrogen) atoms. The largest absolute Gasteiger partial charge is 0.332 e. The minimum atomic E-state index is -1.66. The van der Waals surface area contributed by atoms with E-state index in [4.69, 9.17) is 0 Å². The summed E-state index contributed by atoms with van der Waals surface area (Å²) >= 11 is 0. The van der Waals surface area contributed by atoms with Crippen molar-refractivity contribution in [1.29, 1.82) is 0 Å². The number of ketones is 1. The van der Waals surface area contributed by atoms with Gasteiger partial charge in [-0.1, -0.05) is 44.8 Å². The van der Waals surface area contributed by atoms with Gasteiger partial charge in [-0.15, -0.1) is 0 Å². The molecule has 3 fully saturated rings. The van der Waals surface area contributed by atoms with E-state index in [0.29, 0.717) is 25.1 Å². The molecule has 1 aromatic rings. The lowest BCUT2D eigenvalue weighted by atomic mass is 9.71. The summed E-state index contributed by atoms with van der Waals surface area (Å²) in [5.41, 5.74) is 0.614. The lowest BCUT2D eigenvalue weighted by Gasteiger charge is -2.50. The van der Waals surface area contributed by atoms with Crippen molar-refractivity contribution >= 4 is 31.5 Å². The van der Waals surface area contributed by atoms with Gasteiger partial charge < -0.3 is 4.90 Å². The zero-order chi connectivity index (χ0) is 18.9. The Morgan fingerprint density at radius 3 is 2.35 bits per heavy atom. The highest BCUT2D eigenvalue weighted by Gasteiger charge is 2.64. The molecule has 1 aliphatic carbocycles. The van der Waals surface area contributed by atoms with Crippen LogP contribution in [-0.4, -0.2) is 43.3 Å². The number of carbonyl (C=O) groups excluding carboxylic acids is 3. The average molecular weight is 371 g/mol. The average Bonchev–Trinajstić information content (AvgIpc) is 3.05. The molecule has 138 valence electrons. The SMILES string of the molecule is C[C@@]1([Si](C)(C)C)CC(=O)C[C@@H]2[C@H]1CN1C(=O)N(c3ccccc3)C(=O)[C@@H]21. The van der Waals surface area contributed by atoms with Crippen molar-refractivity contribution in [1.82, 2.24) is 4.90 Å². The minimum Gasteiger partial charge on any atom is -0.311 e. The minimum absolute atomic E-state index is 0.0434. The zero-order valence-corrected chi connectivity index (χ0v) is 16.9. The number of para-hydroxylation sites is 1. The van der Waals surface area contributed by atoms with Crippen LogP contribution in [0.15, 0.2) is 30.3 Å². The molecular weight excluding hydrogens is 344 g/mol. The number of anilines is 1. The number of benzene rings is 1. The van der Waals surface area contributed by atoms with E-state index >= 15 is 0 Å². The van der Waals surface area contributed by atoms with Gasteiger partial charge in [0, 0.05) is 25.3 Å². The van der Waals surface area contributed by atoms with Crippen LogP contribution in [-0.2, 0) is 9.59 Å². The molecule has 6 heteroatoms. The van der Waals surface area contributed by atoms with Crippen LogP contribution in [0, 0.1) is 11.8 Å². The number of urea groups is 1. The molecule has 3 amide bonds. The fraction of sp³-hybridized carbons (Fsp3) is 0.550. The van der Waals surface area contributed by atoms with Gasteiger partial charge in [-0.3, -0.25) is 9.59 Å². The number of imide groups is 1. The number of Topliss-reactive ketones (excluding diaryl/α,β-unsaturated/α-hetero) is 1. The van der Waals surface area contributed by atoms with E-state index in [-0.39, 0.29) is 34.6 Å². The van der Waals surface area contributed by atoms with Crippen molar-refractivity contribution in [2.45, 2.75) is 50.5 Å². The molecule has 0 radical (unpaired) electrons. The molecule has 1 saturated carbocycles. The Labute approximate surface area is 155 Å². The molecule has 4 rings (SSSR count). The topological polar surface area (TPSA) is 57.7 Å². The predicted molar refractivity (Wildman–Crippen MR) is 103 cm³/mol. The van der Waals surface area contributed by atoms with Gasteiger partial charge in [0.25, 0.3) is 5.91 Å². The third-order valence-corrected chi connectivity index (χ3v) is 11.1. The first-order chi connectivity index (χ1) is 12.1. The van der Waals surface area contributed by atoms with E-state index in [9.17, 15) is 14.4 Å². The first kappa shape index (κ1) is 17.5. The summed E-state index contributed by atoms with van der Waals surface area (Å²) in [5.74, 6) is 0.276. The monoisotopic (exact) mass is 370 g/mol. The normalized spacial score (nSPS) is 34.3. The number of hydrogen-bond acceptors (Lipinski definition) is 3. The fourth-order valence-corrected chi connectivity index (χ4v) is 7.37. The lowest BCUT2D eigenvalue weighted by Crippen LogP contribution is -2.51. The summed E-state index contributed by atoms with van der Waals surface area (Å²) in [4.78, 5) is 41.8. The first-order valence-electron chi connectivity index (χ1n) is 9.36. The van der Waals surface area contributed by atoms with Gasteiger partial charge in [0.15, 0.2) is 0 Å². The number of nitrogens with zero attached hydrogens (tertiary/aromatic N) is 2. The standard InChI is InChI=1S/C20H26N2O3Si/c1-20(26(2,3)4)11-14(23)10-15-16(20)12-21-17(15)18(24)22(19(21)25)13-8-6-5-7-9-13/h5-9,15-17H,10-12H2,1-4H3/t15-,16-,17-,20-/m1/s1. The zero-order valence-electron chi connectivity index (χ0n) is 15.9. The van der Waals surface area contributed by atoms with Crippen molar-refractivity contribution in [3.05, 3.63) is 30.3 Å². The second-order valence-electron chi connectivity index (χ2n) is 9.25. The highest BCUT2D eigenvalue weighted by Crippen LogP contribution is 2.59. The molecular formula is C20H26N2O3Si. The Kier molecular flexibility index (Phi) is 3.71. The number of hydrogen-bond donors (Lipinski definition) is 0. The van der Waals surface area contributed by atoms with Crippen molar-refractivity contribution in [2.75, 3.05) is 11.4 Å². The van der Waals surface area contributed by atoms with Crippen LogP contribution in [0.3, 0.4) is 0 Å². The molecule has 2 saturated heterocycles. The van der Waals surface area contributed by atoms with Gasteiger partial charge >= 0.3 is 6.03 Å². The number of rotatable bonds is 2. The van der Waals surface area contributed by atoms with E-state index in [1.54, 1.807) is 17.0 Å². The van der Waals surface area contributed by atoms with Crippen LogP contribution in [0.5, 0.6) is 0 Å². The molecule has 3 aliphatic rings. The number of amides is 3. The van der Waals surface area contributed by atoms with Crippen LogP contribution in [0.1, 0.15) is 19.8 Å². The van der Waals surface area contributed by atoms with Crippen LogP contribution < -0.4 is 4.90 Å². The van der Waals surface area contributed by atoms with Gasteiger partial charge in [0.1, 0.15) is 11.8 Å². The Balaban J connectivity index is 1.72. The summed E-state index contributed by atoms with van der Waals surface area (Å²) in [6.07, 6.45) is 1.02. The lowest BCUT2D eigenvalue weighted by molar-refractivity contribution is -0.125. The maximum atomic E-state index is 13.2. The van der Waals surface area contributed by atoms with Crippen molar-refractivity contribution < 1.29 is 14.4 Å². The smallest absolute Gasteiger partial charge is 0.311 e. The molecule has 2 heterocycles. The maximum Gasteiger partial charge on any atom is 0.332 e. The second kappa shape index (κ2) is 5.52. The second-order valence-corrected chi connectivity index (χ2v) is 14.9. The van der Waals surface area contributed by atoms with E-state index in [0.717, 1.165) is 0 Å². The quantitative estimate of drug-likeness (QED) is 0.591. The predicted octanol–water partition coefficient (Wildman–Crippen LogP) is 3.53. The molecule has 0 aromatic heterocycles. The van der Waals surface area contributed by atoms with Crippen molar-refractivity contribution in [3.8, 4) is 0 Å². The molecule has 0 unspecified atom stereocenters. The van der Waals surface area contributed by atoms with Gasteiger partial charge in [0.2, 0.25) is 0 Å². The maximum absolute atomic E-state index is 13.2. The van der Waals surface area contributed by atoms with E-state index in [1.165, 1.54) is 4.90 Å². The highest BCUT2D eigenvalue weighted by molar-refractivity contribution is 6.79. The summed E-state index contributed by atoms with van der Waals surface area (Å²) < 4.78 is 0. The molecule has 2 aliphatic heterocycles. The van der Waals surface area contributed by atoms with Gasteiger partial charge in [-0.25, -0.2) is 9.69 Å². The Hall–Kier alpha value is -1.95. The van der Waals surface area contributed by atoms with Crippen molar-refractivity contribution in [3.63, 3.8) is 0 Å². The van der Waals surface area contributed by atoms with Crippen molar-refractivity contribution in [2.24, 2.45) is 11.8 Å². The van der Waals surface area contributed by atoms with Gasteiger partial charge in [-0.2, -0.15) is 0 Å². The van der Waals surface area contributed by atoms with E-state index in [1.807, 2.05) is 18.2 Å². The van der Waals surface area contributed by atoms with Crippen LogP contribution >= 0.6 is 0 Å². The molecule has 0 N–H and O–H groups in total. The summed E-state index contributed by atoms with van der Waals surface area (Å²) in [7, 11) is -1.66. The summed E-state index contributed by atoms with van der Waals surface area (Å²) in [5, 5.41) is -0.0739. The number of carbonyl (C=O) groups is 3. The summed E-state index contributed by atoms with van der Waals surface area (Å²) in [6, 6.07) is 8.38. The van der Waals surface area contributed by atoms with Gasteiger partial charge in [-0.05, 0) is 23.1 Å². The molecule has 4 atom stereocenters. The Bertz CT molecular complexity index is 788. The third-order valence-electron chi connectivity index (χ3n) is 7.14. The van der Waals surface area contributed by atoms with E-state index in [2.05, 4.69) is 26.6 Å². The van der Waals surface area contributed by atoms with Crippen LogP contribution in [0.2, 0.25) is 24.7 Å². The molecule has 0 spiro atoms. The van der Waals surface area contributed by atoms with Crippen LogP contribution in [0.25, 0.3) is 0 Å².